The number of anilines is 1. The molecule has 0 atom stereocenters. The van der Waals surface area contributed by atoms with Gasteiger partial charge in [-0.05, 0) is 77.7 Å². The molecule has 0 radical (unpaired) electrons. The number of nitrogens with zero attached hydrogens (tertiary/aromatic N) is 4. The fourth-order valence-corrected chi connectivity index (χ4v) is 7.32. The summed E-state index contributed by atoms with van der Waals surface area (Å²) in [4.78, 5) is 18.6. The van der Waals surface area contributed by atoms with Crippen LogP contribution >= 0.6 is 27.3 Å². The molecule has 5 aromatic rings. The molecule has 1 aliphatic rings. The highest BCUT2D eigenvalue weighted by atomic mass is 79.9. The molecule has 0 fully saturated rings. The van der Waals surface area contributed by atoms with Crippen LogP contribution in [0.25, 0.3) is 10.2 Å². The maximum atomic E-state index is 13.8. The van der Waals surface area contributed by atoms with Gasteiger partial charge in [0.05, 0.1) is 28.4 Å². The third-order valence-corrected chi connectivity index (χ3v) is 10.4. The summed E-state index contributed by atoms with van der Waals surface area (Å²) < 4.78 is 35.5. The molecule has 0 N–H and O–H groups in total. The van der Waals surface area contributed by atoms with Crippen molar-refractivity contribution in [3.8, 4) is 5.75 Å². The van der Waals surface area contributed by atoms with Gasteiger partial charge >= 0.3 is 0 Å². The van der Waals surface area contributed by atoms with E-state index in [0.29, 0.717) is 35.9 Å². The van der Waals surface area contributed by atoms with Crippen LogP contribution in [0, 0.1) is 0 Å². The Labute approximate surface area is 256 Å². The number of aromatic nitrogens is 1. The molecule has 212 valence electrons. The van der Waals surface area contributed by atoms with E-state index in [0.717, 1.165) is 20.3 Å². The fourth-order valence-electron chi connectivity index (χ4n) is 4.69. The Kier molecular flexibility index (Phi) is 7.91. The zero-order valence-electron chi connectivity index (χ0n) is 22.5. The number of amides is 1. The van der Waals surface area contributed by atoms with Gasteiger partial charge in [-0.15, -0.1) is 0 Å². The molecule has 8 nitrogen and oxygen atoms in total. The number of fused-ring (bicyclic) bond motifs is 2. The van der Waals surface area contributed by atoms with Crippen molar-refractivity contribution in [1.29, 1.82) is 0 Å². The van der Waals surface area contributed by atoms with Crippen LogP contribution in [0.4, 0.5) is 5.13 Å². The molecule has 0 unspecified atom stereocenters. The number of benzene rings is 4. The second kappa shape index (κ2) is 11.8. The number of sulfonamides is 1. The summed E-state index contributed by atoms with van der Waals surface area (Å²) in [5.74, 6) is 0.244. The molecule has 4 aromatic carbocycles. The van der Waals surface area contributed by atoms with Crippen molar-refractivity contribution in [2.75, 3.05) is 18.7 Å². The number of hydrogen-bond donors (Lipinski definition) is 0. The van der Waals surface area contributed by atoms with Gasteiger partial charge in [0.25, 0.3) is 5.91 Å². The minimum absolute atomic E-state index is 0.135. The Morgan fingerprint density at radius 1 is 1.02 bits per heavy atom. The first-order valence-corrected chi connectivity index (χ1v) is 16.1. The average Bonchev–Trinajstić information content (AvgIpc) is 3.44. The lowest BCUT2D eigenvalue weighted by Gasteiger charge is -2.28. The van der Waals surface area contributed by atoms with Crippen molar-refractivity contribution < 1.29 is 17.9 Å². The van der Waals surface area contributed by atoms with Gasteiger partial charge in [0.1, 0.15) is 5.75 Å². The molecule has 6 rings (SSSR count). The van der Waals surface area contributed by atoms with Crippen molar-refractivity contribution in [2.45, 2.75) is 17.9 Å². The zero-order valence-corrected chi connectivity index (χ0v) is 25.7. The van der Waals surface area contributed by atoms with E-state index >= 15 is 0 Å². The van der Waals surface area contributed by atoms with Crippen LogP contribution in [0.3, 0.4) is 0 Å². The Morgan fingerprint density at radius 3 is 2.50 bits per heavy atom. The number of rotatable bonds is 7. The summed E-state index contributed by atoms with van der Waals surface area (Å²) in [5.41, 5.74) is 3.96. The molecule has 42 heavy (non-hydrogen) atoms. The molecule has 1 aromatic heterocycles. The summed E-state index contributed by atoms with van der Waals surface area (Å²) in [7, 11) is -2.15. The van der Waals surface area contributed by atoms with E-state index in [1.54, 1.807) is 13.3 Å². The first-order valence-electron chi connectivity index (χ1n) is 13.1. The van der Waals surface area contributed by atoms with Crippen molar-refractivity contribution in [2.24, 2.45) is 5.10 Å². The maximum absolute atomic E-state index is 13.8. The molecule has 1 amide bonds. The van der Waals surface area contributed by atoms with Crippen LogP contribution in [-0.4, -0.2) is 43.5 Å². The number of carbonyl (C=O) groups is 1. The Morgan fingerprint density at radius 2 is 1.76 bits per heavy atom. The van der Waals surface area contributed by atoms with Crippen molar-refractivity contribution in [3.05, 3.63) is 118 Å². The summed E-state index contributed by atoms with van der Waals surface area (Å²) in [6.45, 7) is 0.723. The van der Waals surface area contributed by atoms with Gasteiger partial charge < -0.3 is 4.74 Å². The Bertz CT molecular complexity index is 1910. The van der Waals surface area contributed by atoms with Crippen molar-refractivity contribution in [1.82, 2.24) is 9.29 Å². The van der Waals surface area contributed by atoms with E-state index in [1.807, 2.05) is 66.7 Å². The topological polar surface area (TPSA) is 92.2 Å². The first kappa shape index (κ1) is 28.2. The van der Waals surface area contributed by atoms with Crippen LogP contribution in [-0.2, 0) is 23.0 Å². The minimum Gasteiger partial charge on any atom is -0.497 e. The van der Waals surface area contributed by atoms with Crippen molar-refractivity contribution in [3.63, 3.8) is 0 Å². The molecular weight excluding hydrogens is 636 g/mol. The summed E-state index contributed by atoms with van der Waals surface area (Å²) in [6, 6.07) is 26.9. The number of thiazole rings is 1. The van der Waals surface area contributed by atoms with Crippen molar-refractivity contribution >= 4 is 64.8 Å². The molecule has 11 heteroatoms. The highest BCUT2D eigenvalue weighted by Gasteiger charge is 2.29. The summed E-state index contributed by atoms with van der Waals surface area (Å²) in [5, 5.41) is 6.12. The normalized spacial score (nSPS) is 13.8. The molecule has 0 saturated heterocycles. The molecular formula is C31H25BrN4O4S2. The fraction of sp³-hybridized carbons (Fsp3) is 0.129. The third kappa shape index (κ3) is 5.73. The van der Waals surface area contributed by atoms with Gasteiger partial charge in [0.2, 0.25) is 15.2 Å². The summed E-state index contributed by atoms with van der Waals surface area (Å²) >= 11 is 4.73. The van der Waals surface area contributed by atoms with E-state index in [4.69, 9.17) is 4.74 Å². The molecule has 0 bridgehead atoms. The van der Waals surface area contributed by atoms with Gasteiger partial charge in [0.15, 0.2) is 0 Å². The van der Waals surface area contributed by atoms with Gasteiger partial charge in [-0.2, -0.15) is 14.4 Å². The SMILES string of the molecule is COc1ccc2nc(N(/N=C/c3ccc(Br)cc3)C(=O)c3ccc(S(=O)(=O)N4CCc5ccccc5C4)cc3)sc2c1. The highest BCUT2D eigenvalue weighted by Crippen LogP contribution is 2.33. The van der Waals surface area contributed by atoms with Crippen LogP contribution in [0.2, 0.25) is 0 Å². The number of hydrazone groups is 1. The second-order valence-corrected chi connectivity index (χ2v) is 13.5. The zero-order chi connectivity index (χ0) is 29.3. The molecule has 0 saturated carbocycles. The molecule has 0 aliphatic carbocycles. The van der Waals surface area contributed by atoms with Gasteiger partial charge in [-0.3, -0.25) is 4.79 Å². The second-order valence-electron chi connectivity index (χ2n) is 9.62. The number of halogens is 1. The minimum atomic E-state index is -3.74. The lowest BCUT2D eigenvalue weighted by molar-refractivity contribution is 0.0987. The summed E-state index contributed by atoms with van der Waals surface area (Å²) in [6.07, 6.45) is 2.25. The standard InChI is InChI=1S/C31H25BrN4O4S2/c1-40-26-12-15-28-29(18-26)41-31(34-28)36(33-19-21-6-10-25(32)11-7-21)30(37)23-8-13-27(14-9-23)42(38,39)35-17-16-22-4-2-3-5-24(22)20-35/h2-15,18-19H,16-17,20H2,1H3/b33-19+. The van der Waals surface area contributed by atoms with E-state index < -0.39 is 15.9 Å². The smallest absolute Gasteiger partial charge is 0.280 e. The maximum Gasteiger partial charge on any atom is 0.280 e. The van der Waals surface area contributed by atoms with E-state index in [9.17, 15) is 13.2 Å². The average molecular weight is 662 g/mol. The van der Waals surface area contributed by atoms with Crippen LogP contribution in [0.15, 0.2) is 105 Å². The number of carbonyl (C=O) groups excluding carboxylic acids is 1. The lowest BCUT2D eigenvalue weighted by Crippen LogP contribution is -2.36. The van der Waals surface area contributed by atoms with E-state index in [1.165, 1.54) is 50.5 Å². The van der Waals surface area contributed by atoms with Gasteiger partial charge in [0, 0.05) is 23.1 Å². The Hall–Kier alpha value is -3.90. The highest BCUT2D eigenvalue weighted by molar-refractivity contribution is 9.10. The Balaban J connectivity index is 1.30. The first-order chi connectivity index (χ1) is 20.3. The van der Waals surface area contributed by atoms with Crippen LogP contribution in [0.5, 0.6) is 5.75 Å². The predicted molar refractivity (Wildman–Crippen MR) is 169 cm³/mol. The number of hydrogen-bond acceptors (Lipinski definition) is 7. The molecule has 2 heterocycles. The molecule has 0 spiro atoms. The largest absolute Gasteiger partial charge is 0.497 e. The number of ether oxygens (including phenoxy) is 1. The monoisotopic (exact) mass is 660 g/mol. The third-order valence-electron chi connectivity index (χ3n) is 6.98. The number of methoxy groups -OCH3 is 1. The van der Waals surface area contributed by atoms with Crippen LogP contribution < -0.4 is 9.75 Å². The predicted octanol–water partition coefficient (Wildman–Crippen LogP) is 6.50. The van der Waals surface area contributed by atoms with Gasteiger partial charge in [-0.1, -0.05) is 63.7 Å². The van der Waals surface area contributed by atoms with Gasteiger partial charge in [-0.25, -0.2) is 13.4 Å². The molecule has 1 aliphatic heterocycles. The van der Waals surface area contributed by atoms with E-state index in [-0.39, 0.29) is 10.5 Å². The quantitative estimate of drug-likeness (QED) is 0.147. The van der Waals surface area contributed by atoms with Crippen LogP contribution in [0.1, 0.15) is 27.0 Å². The lowest BCUT2D eigenvalue weighted by atomic mass is 10.0. The van der Waals surface area contributed by atoms with E-state index in [2.05, 4.69) is 26.0 Å².